The third-order valence-electron chi connectivity index (χ3n) is 5.82. The van der Waals surface area contributed by atoms with Gasteiger partial charge in [-0.3, -0.25) is 9.36 Å². The zero-order valence-corrected chi connectivity index (χ0v) is 22.2. The number of fused-ring (bicyclic) bond motifs is 1. The topological polar surface area (TPSA) is 138 Å². The van der Waals surface area contributed by atoms with Crippen LogP contribution in [-0.4, -0.2) is 62.5 Å². The maximum Gasteiger partial charge on any atom is 0.332 e. The summed E-state index contributed by atoms with van der Waals surface area (Å²) < 4.78 is 27.3. The second kappa shape index (κ2) is 12.6. The molecule has 0 fully saturated rings. The van der Waals surface area contributed by atoms with Crippen molar-refractivity contribution in [3.63, 3.8) is 0 Å². The van der Waals surface area contributed by atoms with Gasteiger partial charge in [0, 0.05) is 31.6 Å². The quantitative estimate of drug-likeness (QED) is 0.325. The van der Waals surface area contributed by atoms with Gasteiger partial charge < -0.3 is 19.7 Å². The van der Waals surface area contributed by atoms with Crippen LogP contribution in [0.5, 0.6) is 5.75 Å². The largest absolute Gasteiger partial charge is 0.496 e. The van der Waals surface area contributed by atoms with Crippen molar-refractivity contribution in [3.8, 4) is 10.8 Å². The van der Waals surface area contributed by atoms with Gasteiger partial charge in [0.1, 0.15) is 27.4 Å². The number of carbonyl (C=O) groups is 1. The fraction of sp³-hybridized carbons (Fsp3) is 0.360. The Balaban J connectivity index is 0.000000732. The normalized spacial score (nSPS) is 11.7. The van der Waals surface area contributed by atoms with E-state index >= 15 is 0 Å². The second-order valence-corrected chi connectivity index (χ2v) is 9.19. The molecule has 0 aliphatic heterocycles. The van der Waals surface area contributed by atoms with Gasteiger partial charge in [0.2, 0.25) is 0 Å². The molecule has 4 rings (SSSR count). The van der Waals surface area contributed by atoms with Crippen LogP contribution in [-0.2, 0) is 22.5 Å². The molecule has 11 nitrogen and oxygen atoms in total. The number of benzene rings is 1. The lowest BCUT2D eigenvalue weighted by atomic mass is 10.1. The lowest BCUT2D eigenvalue weighted by molar-refractivity contribution is -0.140. The molecule has 2 N–H and O–H groups in total. The fourth-order valence-corrected chi connectivity index (χ4v) is 5.14. The maximum atomic E-state index is 13.8. The molecule has 13 heteroatoms. The summed E-state index contributed by atoms with van der Waals surface area (Å²) in [5, 5.41) is 22.6. The third-order valence-corrected chi connectivity index (χ3v) is 7.12. The number of carboxylic acid groups (broad SMARTS) is 1. The Labute approximate surface area is 220 Å². The highest BCUT2D eigenvalue weighted by Gasteiger charge is 2.26. The van der Waals surface area contributed by atoms with Crippen LogP contribution in [0.25, 0.3) is 15.2 Å². The predicted molar refractivity (Wildman–Crippen MR) is 140 cm³/mol. The van der Waals surface area contributed by atoms with Gasteiger partial charge in [0.15, 0.2) is 0 Å². The van der Waals surface area contributed by atoms with Crippen LogP contribution in [0, 0.1) is 12.7 Å². The van der Waals surface area contributed by atoms with Crippen molar-refractivity contribution in [1.29, 1.82) is 0 Å². The molecule has 204 valence electrons. The third kappa shape index (κ3) is 5.85. The Hall–Kier alpha value is -3.81. The Kier molecular flexibility index (Phi) is 9.55. The van der Waals surface area contributed by atoms with E-state index in [-0.39, 0.29) is 25.0 Å². The minimum absolute atomic E-state index is 0.0836. The highest BCUT2D eigenvalue weighted by Crippen LogP contribution is 2.31. The molecule has 0 saturated carbocycles. The van der Waals surface area contributed by atoms with Crippen molar-refractivity contribution >= 4 is 27.5 Å². The molecule has 3 heterocycles. The summed E-state index contributed by atoms with van der Waals surface area (Å²) in [6.07, 6.45) is 3.54. The lowest BCUT2D eigenvalue weighted by Gasteiger charge is -2.15. The van der Waals surface area contributed by atoms with E-state index in [2.05, 4.69) is 9.84 Å². The Morgan fingerprint density at radius 3 is 2.55 bits per heavy atom. The summed E-state index contributed by atoms with van der Waals surface area (Å²) in [7, 11) is 3.02. The molecule has 38 heavy (non-hydrogen) atoms. The van der Waals surface area contributed by atoms with Crippen LogP contribution in [0.3, 0.4) is 0 Å². The number of carboxylic acids is 1. The van der Waals surface area contributed by atoms with Crippen LogP contribution in [0.15, 0.2) is 46.2 Å². The number of ether oxygens (including phenoxy) is 2. The molecule has 0 bridgehead atoms. The van der Waals surface area contributed by atoms with Crippen molar-refractivity contribution in [2.75, 3.05) is 27.4 Å². The number of methoxy groups -OCH3 is 2. The van der Waals surface area contributed by atoms with Gasteiger partial charge in [-0.25, -0.2) is 23.2 Å². The predicted octanol–water partition coefficient (Wildman–Crippen LogP) is 2.38. The van der Waals surface area contributed by atoms with Gasteiger partial charge in [-0.1, -0.05) is 11.3 Å². The maximum absolute atomic E-state index is 13.8. The van der Waals surface area contributed by atoms with Gasteiger partial charge in [-0.15, -0.1) is 0 Å². The van der Waals surface area contributed by atoms with Crippen molar-refractivity contribution in [1.82, 2.24) is 18.9 Å². The van der Waals surface area contributed by atoms with E-state index in [1.807, 2.05) is 0 Å². The molecule has 0 amide bonds. The average molecular weight is 549 g/mol. The van der Waals surface area contributed by atoms with Crippen LogP contribution in [0.2, 0.25) is 0 Å². The molecule has 3 aromatic heterocycles. The molecular weight excluding hydrogens is 519 g/mol. The molecule has 0 spiro atoms. The zero-order valence-electron chi connectivity index (χ0n) is 21.4. The SMILES string of the molecule is COCCO.COc1ccc(F)cc1CCn1c(=O)n(C(C)C(=O)O)c(=O)c2c(C)c(-n3cccn3)sc21. The van der Waals surface area contributed by atoms with E-state index < -0.39 is 29.1 Å². The summed E-state index contributed by atoms with van der Waals surface area (Å²) in [4.78, 5) is 38.7. The van der Waals surface area contributed by atoms with Gasteiger partial charge in [0.25, 0.3) is 5.56 Å². The molecule has 0 aliphatic carbocycles. The number of aryl methyl sites for hydroxylation is 3. The number of aliphatic carboxylic acids is 1. The van der Waals surface area contributed by atoms with Gasteiger partial charge in [-0.2, -0.15) is 5.10 Å². The summed E-state index contributed by atoms with van der Waals surface area (Å²) >= 11 is 1.21. The molecular formula is C25H29FN4O7S. The highest BCUT2D eigenvalue weighted by molar-refractivity contribution is 7.21. The molecule has 0 radical (unpaired) electrons. The number of hydrogen-bond donors (Lipinski definition) is 2. The number of hydrogen-bond acceptors (Lipinski definition) is 8. The Bertz CT molecular complexity index is 1520. The van der Waals surface area contributed by atoms with E-state index in [4.69, 9.17) is 9.84 Å². The minimum Gasteiger partial charge on any atom is -0.496 e. The number of halogens is 1. The first-order valence-electron chi connectivity index (χ1n) is 11.6. The van der Waals surface area contributed by atoms with E-state index in [1.165, 1.54) is 48.1 Å². The number of nitrogens with zero attached hydrogens (tertiary/aromatic N) is 4. The van der Waals surface area contributed by atoms with Crippen LogP contribution < -0.4 is 16.0 Å². The van der Waals surface area contributed by atoms with E-state index in [0.29, 0.717) is 33.3 Å². The number of aromatic nitrogens is 4. The standard InChI is InChI=1S/C22H21FN4O5S.C3H8O2/c1-12-17-18(28)27(13(2)21(29)30)22(31)25(20(17)33-19(12)26-9-4-8-24-26)10-7-14-11-15(23)5-6-16(14)32-3;1-5-3-2-4/h4-6,8-9,11,13H,7,10H2,1-3H3,(H,29,30);4H,2-3H2,1H3. The Morgan fingerprint density at radius 1 is 1.26 bits per heavy atom. The van der Waals surface area contributed by atoms with Crippen molar-refractivity contribution in [2.24, 2.45) is 0 Å². The molecule has 0 saturated heterocycles. The molecule has 1 aromatic carbocycles. The number of aliphatic hydroxyl groups excluding tert-OH is 1. The van der Waals surface area contributed by atoms with E-state index in [1.54, 1.807) is 37.2 Å². The molecule has 4 aromatic rings. The first kappa shape index (κ1) is 28.8. The Morgan fingerprint density at radius 2 is 2.00 bits per heavy atom. The average Bonchev–Trinajstić information content (AvgIpc) is 3.53. The second-order valence-electron chi connectivity index (χ2n) is 8.21. The fourth-order valence-electron chi connectivity index (χ4n) is 3.88. The zero-order chi connectivity index (χ0) is 28.0. The number of aliphatic hydroxyl groups is 1. The van der Waals surface area contributed by atoms with E-state index in [9.17, 15) is 23.9 Å². The smallest absolute Gasteiger partial charge is 0.332 e. The van der Waals surface area contributed by atoms with Gasteiger partial charge in [-0.05, 0) is 50.1 Å². The first-order valence-corrected chi connectivity index (χ1v) is 12.4. The summed E-state index contributed by atoms with van der Waals surface area (Å²) in [6.45, 7) is 3.67. The number of thiophene rings is 1. The van der Waals surface area contributed by atoms with Gasteiger partial charge in [0.05, 0.1) is 25.7 Å². The van der Waals surface area contributed by atoms with Crippen LogP contribution in [0.4, 0.5) is 4.39 Å². The monoisotopic (exact) mass is 548 g/mol. The molecule has 1 unspecified atom stereocenters. The van der Waals surface area contributed by atoms with E-state index in [0.717, 1.165) is 4.57 Å². The summed E-state index contributed by atoms with van der Waals surface area (Å²) in [5.41, 5.74) is -0.281. The highest BCUT2D eigenvalue weighted by atomic mass is 32.1. The first-order chi connectivity index (χ1) is 18.2. The number of rotatable bonds is 9. The summed E-state index contributed by atoms with van der Waals surface area (Å²) in [6, 6.07) is 4.47. The summed E-state index contributed by atoms with van der Waals surface area (Å²) in [5.74, 6) is -1.28. The van der Waals surface area contributed by atoms with Crippen molar-refractivity contribution < 1.29 is 28.9 Å². The van der Waals surface area contributed by atoms with Crippen LogP contribution in [0.1, 0.15) is 24.1 Å². The lowest BCUT2D eigenvalue weighted by Crippen LogP contribution is -2.43. The van der Waals surface area contributed by atoms with Crippen LogP contribution >= 0.6 is 11.3 Å². The minimum atomic E-state index is -1.36. The van der Waals surface area contributed by atoms with Gasteiger partial charge >= 0.3 is 11.7 Å². The molecule has 0 aliphatic rings. The van der Waals surface area contributed by atoms with Crippen molar-refractivity contribution in [2.45, 2.75) is 32.9 Å². The molecule has 1 atom stereocenters. The van der Waals surface area contributed by atoms with Crippen molar-refractivity contribution in [3.05, 3.63) is 74.4 Å².